The molecule has 0 spiro atoms. The van der Waals surface area contributed by atoms with Gasteiger partial charge in [0.15, 0.2) is 5.01 Å². The Kier molecular flexibility index (Phi) is 5.03. The Morgan fingerprint density at radius 1 is 1.12 bits per heavy atom. The van der Waals surface area contributed by atoms with E-state index in [1.165, 1.54) is 17.5 Å². The van der Waals surface area contributed by atoms with E-state index in [9.17, 15) is 9.59 Å². The topological polar surface area (TPSA) is 80.2 Å². The molecule has 16 heavy (non-hydrogen) atoms. The minimum atomic E-state index is -0.958. The molecule has 0 aromatic carbocycles. The first-order valence-corrected chi connectivity index (χ1v) is 5.97. The predicted molar refractivity (Wildman–Crippen MR) is 61.4 cm³/mol. The van der Waals surface area contributed by atoms with Gasteiger partial charge in [-0.05, 0) is 11.6 Å². The maximum absolute atomic E-state index is 10.2. The number of hydrogen-bond acceptors (Lipinski definition) is 6. The second-order valence-electron chi connectivity index (χ2n) is 2.25. The van der Waals surface area contributed by atoms with Gasteiger partial charge in [-0.1, -0.05) is 0 Å². The Bertz CT molecular complexity index is 411. The number of carbonyl (C=O) groups is 2. The molecule has 2 aromatic rings. The number of halogens is 1. The molecule has 0 atom stereocenters. The highest BCUT2D eigenvalue weighted by atomic mass is 35.5. The van der Waals surface area contributed by atoms with Crippen molar-refractivity contribution in [2.24, 2.45) is 0 Å². The van der Waals surface area contributed by atoms with E-state index in [1.807, 2.05) is 0 Å². The Morgan fingerprint density at radius 2 is 1.62 bits per heavy atom. The molecule has 2 rings (SSSR count). The van der Waals surface area contributed by atoms with Gasteiger partial charge in [-0.15, -0.1) is 22.7 Å². The van der Waals surface area contributed by atoms with Crippen LogP contribution >= 0.6 is 34.3 Å². The van der Waals surface area contributed by atoms with Gasteiger partial charge in [0, 0.05) is 23.2 Å². The molecule has 5 nitrogen and oxygen atoms in total. The number of aromatic nitrogens is 2. The molecule has 84 valence electrons. The Labute approximate surface area is 103 Å². The highest BCUT2D eigenvalue weighted by molar-refractivity contribution is 7.13. The van der Waals surface area contributed by atoms with Crippen LogP contribution < -0.4 is 0 Å². The second kappa shape index (κ2) is 6.31. The lowest BCUT2D eigenvalue weighted by Crippen LogP contribution is -1.92. The Balaban J connectivity index is 0.000000160. The maximum Gasteiger partial charge on any atom is 0.364 e. The normalized spacial score (nSPS) is 9.06. The third-order valence-corrected chi connectivity index (χ3v) is 3.04. The van der Waals surface area contributed by atoms with Gasteiger partial charge < -0.3 is 5.11 Å². The molecule has 8 heteroatoms. The molecule has 0 aliphatic carbocycles. The van der Waals surface area contributed by atoms with Gasteiger partial charge in [-0.25, -0.2) is 14.8 Å². The van der Waals surface area contributed by atoms with Gasteiger partial charge in [-0.2, -0.15) is 0 Å². The molecule has 0 saturated carbocycles. The van der Waals surface area contributed by atoms with Crippen molar-refractivity contribution < 1.29 is 14.7 Å². The van der Waals surface area contributed by atoms with Crippen LogP contribution in [0.25, 0.3) is 0 Å². The summed E-state index contributed by atoms with van der Waals surface area (Å²) in [6.07, 6.45) is 3.01. The van der Waals surface area contributed by atoms with E-state index in [4.69, 9.17) is 16.7 Å². The van der Waals surface area contributed by atoms with E-state index >= 15 is 0 Å². The number of thiazole rings is 2. The van der Waals surface area contributed by atoms with E-state index in [0.717, 1.165) is 11.3 Å². The largest absolute Gasteiger partial charge is 0.476 e. The lowest BCUT2D eigenvalue weighted by Gasteiger charge is -1.77. The van der Waals surface area contributed by atoms with E-state index < -0.39 is 11.2 Å². The van der Waals surface area contributed by atoms with Gasteiger partial charge >= 0.3 is 5.97 Å². The Hall–Kier alpha value is -1.31. The summed E-state index contributed by atoms with van der Waals surface area (Å²) in [7, 11) is 0. The van der Waals surface area contributed by atoms with Crippen molar-refractivity contribution in [2.75, 3.05) is 0 Å². The minimum absolute atomic E-state index is 0.144. The lowest BCUT2D eigenvalue weighted by atomic mass is 10.7. The van der Waals surface area contributed by atoms with Gasteiger partial charge in [-0.3, -0.25) is 4.79 Å². The van der Waals surface area contributed by atoms with Gasteiger partial charge in [0.2, 0.25) is 5.01 Å². The number of rotatable bonds is 2. The summed E-state index contributed by atoms with van der Waals surface area (Å²) in [5, 5.41) is 11.6. The van der Waals surface area contributed by atoms with E-state index in [0.29, 0.717) is 5.01 Å². The van der Waals surface area contributed by atoms with Crippen LogP contribution in [-0.2, 0) is 0 Å². The highest BCUT2D eigenvalue weighted by Crippen LogP contribution is 2.06. The molecule has 2 heterocycles. The third kappa shape index (κ3) is 4.05. The van der Waals surface area contributed by atoms with Crippen molar-refractivity contribution in [3.63, 3.8) is 0 Å². The van der Waals surface area contributed by atoms with Gasteiger partial charge in [0.1, 0.15) is 0 Å². The van der Waals surface area contributed by atoms with Crippen LogP contribution in [0.4, 0.5) is 0 Å². The number of nitrogens with zero attached hydrogens (tertiary/aromatic N) is 2. The highest BCUT2D eigenvalue weighted by Gasteiger charge is 2.02. The molecule has 0 fully saturated rings. The van der Waals surface area contributed by atoms with Crippen LogP contribution in [0.1, 0.15) is 19.6 Å². The van der Waals surface area contributed by atoms with Crippen LogP contribution in [0.15, 0.2) is 23.2 Å². The average molecular weight is 277 g/mol. The lowest BCUT2D eigenvalue weighted by molar-refractivity contribution is 0.0696. The van der Waals surface area contributed by atoms with Crippen LogP contribution in [-0.4, -0.2) is 26.3 Å². The van der Waals surface area contributed by atoms with Gasteiger partial charge in [0.05, 0.1) is 0 Å². The smallest absolute Gasteiger partial charge is 0.364 e. The van der Waals surface area contributed by atoms with E-state index in [-0.39, 0.29) is 5.01 Å². The molecule has 0 unspecified atom stereocenters. The number of hydrogen-bond donors (Lipinski definition) is 1. The molecule has 0 aliphatic heterocycles. The molecule has 0 amide bonds. The zero-order valence-corrected chi connectivity index (χ0v) is 10.1. The molecular formula is C8H5ClN2O3S2. The fraction of sp³-hybridized carbons (Fsp3) is 0. The molecular weight excluding hydrogens is 272 g/mol. The average Bonchev–Trinajstić information content (AvgIpc) is 2.93. The maximum atomic E-state index is 10.2. The number of aromatic carboxylic acids is 1. The monoisotopic (exact) mass is 276 g/mol. The summed E-state index contributed by atoms with van der Waals surface area (Å²) in [4.78, 5) is 27.4. The van der Waals surface area contributed by atoms with Crippen LogP contribution in [0.2, 0.25) is 0 Å². The standard InChI is InChI=1S/C4H2ClNOS.C4H3NO2S/c5-3(7)4-6-1-2-8-4;6-4(7)3-5-1-2-8-3/h1-2H;1-2H,(H,6,7). The van der Waals surface area contributed by atoms with Crippen molar-refractivity contribution >= 4 is 45.5 Å². The minimum Gasteiger partial charge on any atom is -0.476 e. The van der Waals surface area contributed by atoms with Crippen LogP contribution in [0.3, 0.4) is 0 Å². The number of carbonyl (C=O) groups excluding carboxylic acids is 1. The fourth-order valence-electron chi connectivity index (χ4n) is 0.650. The van der Waals surface area contributed by atoms with Crippen LogP contribution in [0, 0.1) is 0 Å². The quantitative estimate of drug-likeness (QED) is 0.852. The zero-order chi connectivity index (χ0) is 12.0. The van der Waals surface area contributed by atoms with Crippen molar-refractivity contribution in [1.82, 2.24) is 9.97 Å². The van der Waals surface area contributed by atoms with Gasteiger partial charge in [0.25, 0.3) is 5.24 Å². The molecule has 0 bridgehead atoms. The van der Waals surface area contributed by atoms with Crippen molar-refractivity contribution in [1.29, 1.82) is 0 Å². The fourth-order valence-corrected chi connectivity index (χ4v) is 1.77. The van der Waals surface area contributed by atoms with Crippen molar-refractivity contribution in [3.05, 3.63) is 33.2 Å². The predicted octanol–water partition coefficient (Wildman–Crippen LogP) is 2.36. The first-order chi connectivity index (χ1) is 7.61. The summed E-state index contributed by atoms with van der Waals surface area (Å²) in [6, 6.07) is 0. The third-order valence-electron chi connectivity index (χ3n) is 1.22. The first kappa shape index (κ1) is 12.8. The molecule has 1 N–H and O–H groups in total. The van der Waals surface area contributed by atoms with Crippen molar-refractivity contribution in [2.45, 2.75) is 0 Å². The molecule has 0 radical (unpaired) electrons. The Morgan fingerprint density at radius 3 is 1.81 bits per heavy atom. The summed E-state index contributed by atoms with van der Waals surface area (Å²) < 4.78 is 0. The van der Waals surface area contributed by atoms with Crippen molar-refractivity contribution in [3.8, 4) is 0 Å². The molecule has 2 aromatic heterocycles. The SMILES string of the molecule is O=C(Cl)c1nccs1.O=C(O)c1nccs1. The zero-order valence-electron chi connectivity index (χ0n) is 7.66. The summed E-state index contributed by atoms with van der Waals surface area (Å²) in [6.45, 7) is 0. The van der Waals surface area contributed by atoms with Crippen LogP contribution in [0.5, 0.6) is 0 Å². The number of carboxylic acids is 1. The molecule has 0 aliphatic rings. The number of carboxylic acid groups (broad SMARTS) is 1. The first-order valence-electron chi connectivity index (χ1n) is 3.83. The molecule has 0 saturated heterocycles. The van der Waals surface area contributed by atoms with E-state index in [1.54, 1.807) is 17.0 Å². The summed E-state index contributed by atoms with van der Waals surface area (Å²) in [5.74, 6) is -0.958. The summed E-state index contributed by atoms with van der Waals surface area (Å²) in [5.41, 5.74) is 0. The summed E-state index contributed by atoms with van der Waals surface area (Å²) >= 11 is 7.41. The second-order valence-corrected chi connectivity index (χ2v) is 4.39. The van der Waals surface area contributed by atoms with E-state index in [2.05, 4.69) is 9.97 Å².